The van der Waals surface area contributed by atoms with Crippen molar-refractivity contribution in [3.05, 3.63) is 23.6 Å². The normalized spacial score (nSPS) is 18.7. The molecular weight excluding hydrogens is 237 g/mol. The van der Waals surface area contributed by atoms with E-state index in [1.807, 2.05) is 13.8 Å². The topological polar surface area (TPSA) is 68.5 Å². The number of hydrogen-bond acceptors (Lipinski definition) is 4. The molecule has 0 atom stereocenters. The molecule has 0 radical (unpaired) electrons. The van der Waals surface area contributed by atoms with Crippen LogP contribution in [0.5, 0.6) is 0 Å². The molecule has 1 amide bonds. The van der Waals surface area contributed by atoms with Crippen molar-refractivity contribution < 1.29 is 13.9 Å². The Bertz CT molecular complexity index is 476. The number of hydrogen-bond donors (Lipinski definition) is 1. The minimum Gasteiger partial charge on any atom is -0.381 e. The van der Waals surface area contributed by atoms with Crippen LogP contribution in [0.25, 0.3) is 0 Å². The minimum absolute atomic E-state index is 0.0415. The van der Waals surface area contributed by atoms with E-state index in [4.69, 9.17) is 10.5 Å². The highest BCUT2D eigenvalue weighted by atomic mass is 19.1. The quantitative estimate of drug-likeness (QED) is 0.812. The van der Waals surface area contributed by atoms with E-state index >= 15 is 0 Å². The van der Waals surface area contributed by atoms with Gasteiger partial charge in [0.1, 0.15) is 0 Å². The van der Waals surface area contributed by atoms with Gasteiger partial charge in [0.15, 0.2) is 11.6 Å². The second kappa shape index (κ2) is 4.53. The van der Waals surface area contributed by atoms with E-state index < -0.39 is 11.4 Å². The molecule has 0 bridgehead atoms. The summed E-state index contributed by atoms with van der Waals surface area (Å²) in [5.74, 6) is -1.39. The minimum atomic E-state index is -0.758. The van der Waals surface area contributed by atoms with Crippen LogP contribution >= 0.6 is 0 Å². The van der Waals surface area contributed by atoms with E-state index in [0.717, 1.165) is 0 Å². The molecule has 0 unspecified atom stereocenters. The summed E-state index contributed by atoms with van der Waals surface area (Å²) >= 11 is 0. The number of carbonyl (C=O) groups is 1. The Balaban J connectivity index is 2.23. The third-order valence-corrected chi connectivity index (χ3v) is 2.86. The molecule has 0 aromatic carbocycles. The standard InChI is InChI=1S/C12H16FN3O2/c1-12(2)7-16(5-6-18-12)11(17)8-3-4-15-10(14)9(8)13/h3-4H,5-7H2,1-2H3,(H2,14,15). The first-order valence-electron chi connectivity index (χ1n) is 5.74. The lowest BCUT2D eigenvalue weighted by atomic mass is 10.1. The van der Waals surface area contributed by atoms with Crippen LogP contribution in [0.4, 0.5) is 10.2 Å². The number of rotatable bonds is 1. The summed E-state index contributed by atoms with van der Waals surface area (Å²) in [7, 11) is 0. The average molecular weight is 253 g/mol. The van der Waals surface area contributed by atoms with Gasteiger partial charge in [0.25, 0.3) is 5.91 Å². The van der Waals surface area contributed by atoms with Crippen molar-refractivity contribution in [2.45, 2.75) is 19.4 Å². The van der Waals surface area contributed by atoms with Gasteiger partial charge in [-0.1, -0.05) is 0 Å². The van der Waals surface area contributed by atoms with Crippen molar-refractivity contribution >= 4 is 11.7 Å². The largest absolute Gasteiger partial charge is 0.381 e. The zero-order valence-corrected chi connectivity index (χ0v) is 10.4. The summed E-state index contributed by atoms with van der Waals surface area (Å²) in [4.78, 5) is 17.4. The lowest BCUT2D eigenvalue weighted by Gasteiger charge is -2.38. The van der Waals surface area contributed by atoms with Gasteiger partial charge in [0, 0.05) is 19.3 Å². The monoisotopic (exact) mass is 253 g/mol. The fourth-order valence-electron chi connectivity index (χ4n) is 1.99. The van der Waals surface area contributed by atoms with Crippen molar-refractivity contribution in [2.24, 2.45) is 0 Å². The van der Waals surface area contributed by atoms with Crippen LogP contribution in [-0.2, 0) is 4.74 Å². The summed E-state index contributed by atoms with van der Waals surface area (Å²) in [6.07, 6.45) is 1.33. The van der Waals surface area contributed by atoms with E-state index in [2.05, 4.69) is 4.98 Å². The van der Waals surface area contributed by atoms with Crippen molar-refractivity contribution in [1.29, 1.82) is 0 Å². The molecular formula is C12H16FN3O2. The molecule has 1 saturated heterocycles. The SMILES string of the molecule is CC1(C)CN(C(=O)c2ccnc(N)c2F)CCO1. The Labute approximate surface area is 105 Å². The van der Waals surface area contributed by atoms with Gasteiger partial charge < -0.3 is 15.4 Å². The van der Waals surface area contributed by atoms with Crippen LogP contribution < -0.4 is 5.73 Å². The number of nitrogen functional groups attached to an aromatic ring is 1. The van der Waals surface area contributed by atoms with Gasteiger partial charge in [-0.3, -0.25) is 4.79 Å². The summed E-state index contributed by atoms with van der Waals surface area (Å²) in [6, 6.07) is 1.34. The van der Waals surface area contributed by atoms with Gasteiger partial charge in [0.2, 0.25) is 0 Å². The number of nitrogens with two attached hydrogens (primary N) is 1. The van der Waals surface area contributed by atoms with Crippen LogP contribution in [0.15, 0.2) is 12.3 Å². The number of pyridine rings is 1. The van der Waals surface area contributed by atoms with Crippen LogP contribution in [-0.4, -0.2) is 41.1 Å². The number of aromatic nitrogens is 1. The third-order valence-electron chi connectivity index (χ3n) is 2.86. The molecule has 0 saturated carbocycles. The molecule has 5 nitrogen and oxygen atoms in total. The number of carbonyl (C=O) groups excluding carboxylic acids is 1. The second-order valence-corrected chi connectivity index (χ2v) is 4.89. The fraction of sp³-hybridized carbons (Fsp3) is 0.500. The number of anilines is 1. The molecule has 98 valence electrons. The van der Waals surface area contributed by atoms with E-state index in [1.54, 1.807) is 4.90 Å². The van der Waals surface area contributed by atoms with Crippen molar-refractivity contribution in [3.8, 4) is 0 Å². The maximum Gasteiger partial charge on any atom is 0.257 e. The molecule has 2 rings (SSSR count). The summed E-state index contributed by atoms with van der Waals surface area (Å²) in [5.41, 5.74) is 4.90. The summed E-state index contributed by atoms with van der Waals surface area (Å²) in [6.45, 7) is 5.10. The molecule has 0 spiro atoms. The third kappa shape index (κ3) is 2.43. The number of ether oxygens (including phenoxy) is 1. The lowest BCUT2D eigenvalue weighted by molar-refractivity contribution is -0.0764. The predicted molar refractivity (Wildman–Crippen MR) is 64.5 cm³/mol. The zero-order chi connectivity index (χ0) is 13.3. The molecule has 1 aromatic rings. The van der Waals surface area contributed by atoms with Crippen LogP contribution in [0.2, 0.25) is 0 Å². The Morgan fingerprint density at radius 2 is 2.33 bits per heavy atom. The van der Waals surface area contributed by atoms with Gasteiger partial charge in [-0.2, -0.15) is 0 Å². The molecule has 1 aliphatic rings. The van der Waals surface area contributed by atoms with Crippen molar-refractivity contribution in [1.82, 2.24) is 9.88 Å². The maximum absolute atomic E-state index is 13.7. The summed E-state index contributed by atoms with van der Waals surface area (Å²) < 4.78 is 19.2. The highest BCUT2D eigenvalue weighted by Crippen LogP contribution is 2.20. The first-order chi connectivity index (χ1) is 8.41. The van der Waals surface area contributed by atoms with Crippen molar-refractivity contribution in [2.75, 3.05) is 25.4 Å². The Morgan fingerprint density at radius 3 is 3.00 bits per heavy atom. The molecule has 0 aliphatic carbocycles. The Kier molecular flexibility index (Phi) is 3.21. The Morgan fingerprint density at radius 1 is 1.61 bits per heavy atom. The van der Waals surface area contributed by atoms with Gasteiger partial charge in [0.05, 0.1) is 17.8 Å². The van der Waals surface area contributed by atoms with Gasteiger partial charge in [-0.25, -0.2) is 9.37 Å². The molecule has 1 aromatic heterocycles. The Hall–Kier alpha value is -1.69. The van der Waals surface area contributed by atoms with Gasteiger partial charge in [-0.05, 0) is 19.9 Å². The van der Waals surface area contributed by atoms with E-state index in [0.29, 0.717) is 19.7 Å². The smallest absolute Gasteiger partial charge is 0.257 e. The fourth-order valence-corrected chi connectivity index (χ4v) is 1.99. The maximum atomic E-state index is 13.7. The van der Waals surface area contributed by atoms with Gasteiger partial charge >= 0.3 is 0 Å². The van der Waals surface area contributed by atoms with Crippen molar-refractivity contribution in [3.63, 3.8) is 0 Å². The first-order valence-corrected chi connectivity index (χ1v) is 5.74. The second-order valence-electron chi connectivity index (χ2n) is 4.89. The number of halogens is 1. The number of amides is 1. The highest BCUT2D eigenvalue weighted by molar-refractivity contribution is 5.95. The van der Waals surface area contributed by atoms with Crippen LogP contribution in [0, 0.1) is 5.82 Å². The average Bonchev–Trinajstić information content (AvgIpc) is 2.30. The van der Waals surface area contributed by atoms with E-state index in [1.165, 1.54) is 12.3 Å². The lowest BCUT2D eigenvalue weighted by Crippen LogP contribution is -2.50. The molecule has 1 fully saturated rings. The first kappa shape index (κ1) is 12.8. The summed E-state index contributed by atoms with van der Waals surface area (Å²) in [5, 5.41) is 0. The molecule has 18 heavy (non-hydrogen) atoms. The van der Waals surface area contributed by atoms with E-state index in [-0.39, 0.29) is 17.3 Å². The van der Waals surface area contributed by atoms with Gasteiger partial charge in [-0.15, -0.1) is 0 Å². The van der Waals surface area contributed by atoms with Crippen LogP contribution in [0.1, 0.15) is 24.2 Å². The zero-order valence-electron chi connectivity index (χ0n) is 10.4. The molecule has 6 heteroatoms. The molecule has 2 N–H and O–H groups in total. The predicted octanol–water partition coefficient (Wildman–Crippen LogP) is 1.05. The van der Waals surface area contributed by atoms with E-state index in [9.17, 15) is 9.18 Å². The number of morpholine rings is 1. The number of nitrogens with zero attached hydrogens (tertiary/aromatic N) is 2. The highest BCUT2D eigenvalue weighted by Gasteiger charge is 2.31. The molecule has 1 aliphatic heterocycles. The molecule has 2 heterocycles. The van der Waals surface area contributed by atoms with Crippen LogP contribution in [0.3, 0.4) is 0 Å².